The molecule has 1 aromatic rings. The number of rotatable bonds is 2. The minimum absolute atomic E-state index is 0.187. The first-order chi connectivity index (χ1) is 8.88. The highest BCUT2D eigenvalue weighted by molar-refractivity contribution is 5.95. The van der Waals surface area contributed by atoms with Gasteiger partial charge in [0.05, 0.1) is 6.54 Å². The van der Waals surface area contributed by atoms with E-state index < -0.39 is 11.5 Å². The zero-order chi connectivity index (χ0) is 14.0. The van der Waals surface area contributed by atoms with Gasteiger partial charge in [-0.2, -0.15) is 0 Å². The average molecular weight is 261 g/mol. The zero-order valence-corrected chi connectivity index (χ0v) is 11.6. The van der Waals surface area contributed by atoms with Crippen molar-refractivity contribution in [3.8, 4) is 0 Å². The first-order valence-corrected chi connectivity index (χ1v) is 6.44. The normalized spacial score (nSPS) is 19.4. The molecule has 0 aliphatic carbocycles. The zero-order valence-electron chi connectivity index (χ0n) is 11.6. The molecule has 2 rings (SSSR count). The Morgan fingerprint density at radius 3 is 2.53 bits per heavy atom. The summed E-state index contributed by atoms with van der Waals surface area (Å²) in [4.78, 5) is 25.1. The van der Waals surface area contributed by atoms with E-state index in [4.69, 9.17) is 4.74 Å². The van der Waals surface area contributed by atoms with E-state index >= 15 is 0 Å². The molecule has 1 aliphatic heterocycles. The summed E-state index contributed by atoms with van der Waals surface area (Å²) >= 11 is 0. The molecule has 0 radical (unpaired) electrons. The van der Waals surface area contributed by atoms with Crippen molar-refractivity contribution in [2.45, 2.75) is 33.3 Å². The van der Waals surface area contributed by atoms with Crippen molar-refractivity contribution in [2.24, 2.45) is 5.41 Å². The summed E-state index contributed by atoms with van der Waals surface area (Å²) in [5.74, 6) is -0.187. The molecular formula is C15H19NO3. The van der Waals surface area contributed by atoms with Crippen LogP contribution in [0, 0.1) is 5.41 Å². The minimum Gasteiger partial charge on any atom is -0.444 e. The third kappa shape index (κ3) is 3.13. The van der Waals surface area contributed by atoms with E-state index in [1.54, 1.807) is 20.8 Å². The van der Waals surface area contributed by atoms with Crippen LogP contribution in [0.4, 0.5) is 4.79 Å². The van der Waals surface area contributed by atoms with E-state index in [-0.39, 0.29) is 12.0 Å². The highest BCUT2D eigenvalue weighted by Gasteiger charge is 2.39. The molecule has 0 bridgehead atoms. The fourth-order valence-corrected chi connectivity index (χ4v) is 2.08. The van der Waals surface area contributed by atoms with Crippen LogP contribution in [0.1, 0.15) is 26.3 Å². The summed E-state index contributed by atoms with van der Waals surface area (Å²) < 4.78 is 5.26. The topological polar surface area (TPSA) is 46.6 Å². The molecule has 1 fully saturated rings. The number of cyclic esters (lactones) is 1. The lowest BCUT2D eigenvalue weighted by atomic mass is 9.95. The number of hydrogen-bond acceptors (Lipinski definition) is 3. The number of carbonyl (C=O) groups is 2. The molecule has 19 heavy (non-hydrogen) atoms. The van der Waals surface area contributed by atoms with E-state index in [1.807, 2.05) is 30.3 Å². The molecule has 102 valence electrons. The second kappa shape index (κ2) is 5.03. The molecule has 1 aromatic carbocycles. The summed E-state index contributed by atoms with van der Waals surface area (Å²) in [5, 5.41) is 0. The Morgan fingerprint density at radius 1 is 1.32 bits per heavy atom. The first-order valence-electron chi connectivity index (χ1n) is 6.44. The summed E-state index contributed by atoms with van der Waals surface area (Å²) in [5.41, 5.74) is 0.533. The van der Waals surface area contributed by atoms with E-state index in [0.29, 0.717) is 13.0 Å². The Bertz CT molecular complexity index is 476. The van der Waals surface area contributed by atoms with Crippen molar-refractivity contribution in [1.29, 1.82) is 0 Å². The molecule has 0 aromatic heterocycles. The van der Waals surface area contributed by atoms with Gasteiger partial charge in [0.1, 0.15) is 6.10 Å². The molecule has 1 aliphatic rings. The quantitative estimate of drug-likeness (QED) is 0.822. The SMILES string of the molecule is CC(C)(C)C(=O)N1CC(Cc2ccccc2)OC1=O. The average Bonchev–Trinajstić information content (AvgIpc) is 2.69. The third-order valence-electron chi connectivity index (χ3n) is 3.07. The van der Waals surface area contributed by atoms with Crippen LogP contribution in [0.3, 0.4) is 0 Å². The molecule has 1 atom stereocenters. The largest absolute Gasteiger partial charge is 0.444 e. The first kappa shape index (κ1) is 13.6. The van der Waals surface area contributed by atoms with E-state index in [2.05, 4.69) is 0 Å². The van der Waals surface area contributed by atoms with Crippen molar-refractivity contribution >= 4 is 12.0 Å². The van der Waals surface area contributed by atoms with Gasteiger partial charge < -0.3 is 4.74 Å². The van der Waals surface area contributed by atoms with Gasteiger partial charge in [0.2, 0.25) is 5.91 Å². The minimum atomic E-state index is -0.569. The standard InChI is InChI=1S/C15H19NO3/c1-15(2,3)13(17)16-10-12(19-14(16)18)9-11-7-5-4-6-8-11/h4-8,12H,9-10H2,1-3H3. The van der Waals surface area contributed by atoms with Crippen LogP contribution >= 0.6 is 0 Å². The second-order valence-electron chi connectivity index (χ2n) is 5.86. The lowest BCUT2D eigenvalue weighted by Gasteiger charge is -2.21. The van der Waals surface area contributed by atoms with Crippen LogP contribution in [-0.4, -0.2) is 29.5 Å². The van der Waals surface area contributed by atoms with Crippen molar-refractivity contribution in [3.05, 3.63) is 35.9 Å². The van der Waals surface area contributed by atoms with Crippen LogP contribution < -0.4 is 0 Å². The van der Waals surface area contributed by atoms with Gasteiger partial charge >= 0.3 is 6.09 Å². The Morgan fingerprint density at radius 2 is 1.95 bits per heavy atom. The number of benzene rings is 1. The number of hydrogen-bond donors (Lipinski definition) is 0. The van der Waals surface area contributed by atoms with Crippen molar-refractivity contribution in [2.75, 3.05) is 6.54 Å². The molecule has 0 spiro atoms. The molecule has 0 saturated carbocycles. The van der Waals surface area contributed by atoms with Gasteiger partial charge in [-0.1, -0.05) is 51.1 Å². The lowest BCUT2D eigenvalue weighted by molar-refractivity contribution is -0.135. The van der Waals surface area contributed by atoms with Crippen LogP contribution in [0.25, 0.3) is 0 Å². The predicted molar refractivity (Wildman–Crippen MR) is 71.6 cm³/mol. The molecule has 2 amide bonds. The highest BCUT2D eigenvalue weighted by Crippen LogP contribution is 2.23. The molecule has 1 heterocycles. The van der Waals surface area contributed by atoms with E-state index in [9.17, 15) is 9.59 Å². The summed E-state index contributed by atoms with van der Waals surface area (Å²) in [6.45, 7) is 5.73. The molecule has 4 nitrogen and oxygen atoms in total. The Labute approximate surface area is 113 Å². The fraction of sp³-hybridized carbons (Fsp3) is 0.467. The van der Waals surface area contributed by atoms with Crippen LogP contribution in [0.5, 0.6) is 0 Å². The molecule has 1 saturated heterocycles. The number of carbonyl (C=O) groups excluding carboxylic acids is 2. The van der Waals surface area contributed by atoms with E-state index in [1.165, 1.54) is 4.90 Å². The van der Waals surface area contributed by atoms with Gasteiger partial charge in [0.25, 0.3) is 0 Å². The second-order valence-corrected chi connectivity index (χ2v) is 5.86. The maximum atomic E-state index is 12.1. The van der Waals surface area contributed by atoms with Gasteiger partial charge in [-0.3, -0.25) is 4.79 Å². The molecule has 0 N–H and O–H groups in total. The number of nitrogens with zero attached hydrogens (tertiary/aromatic N) is 1. The lowest BCUT2D eigenvalue weighted by Crippen LogP contribution is -2.40. The van der Waals surface area contributed by atoms with Crippen molar-refractivity contribution in [1.82, 2.24) is 4.90 Å². The summed E-state index contributed by atoms with van der Waals surface area (Å²) in [6, 6.07) is 9.82. The summed E-state index contributed by atoms with van der Waals surface area (Å²) in [6.07, 6.45) is -0.136. The smallest absolute Gasteiger partial charge is 0.417 e. The van der Waals surface area contributed by atoms with Gasteiger partial charge in [-0.15, -0.1) is 0 Å². The van der Waals surface area contributed by atoms with Gasteiger partial charge in [0.15, 0.2) is 0 Å². The number of imide groups is 1. The van der Waals surface area contributed by atoms with E-state index in [0.717, 1.165) is 5.56 Å². The predicted octanol–water partition coefficient (Wildman–Crippen LogP) is 2.62. The maximum absolute atomic E-state index is 12.1. The van der Waals surface area contributed by atoms with Gasteiger partial charge in [0, 0.05) is 11.8 Å². The van der Waals surface area contributed by atoms with Crippen LogP contribution in [-0.2, 0) is 16.0 Å². The van der Waals surface area contributed by atoms with Crippen molar-refractivity contribution < 1.29 is 14.3 Å². The van der Waals surface area contributed by atoms with Crippen molar-refractivity contribution in [3.63, 3.8) is 0 Å². The third-order valence-corrected chi connectivity index (χ3v) is 3.07. The fourth-order valence-electron chi connectivity index (χ4n) is 2.08. The Balaban J connectivity index is 2.02. The van der Waals surface area contributed by atoms with Gasteiger partial charge in [-0.05, 0) is 5.56 Å². The molecular weight excluding hydrogens is 242 g/mol. The van der Waals surface area contributed by atoms with Crippen LogP contribution in [0.15, 0.2) is 30.3 Å². The number of ether oxygens (including phenoxy) is 1. The monoisotopic (exact) mass is 261 g/mol. The molecule has 1 unspecified atom stereocenters. The van der Waals surface area contributed by atoms with Gasteiger partial charge in [-0.25, -0.2) is 9.69 Å². The Kier molecular flexibility index (Phi) is 3.60. The Hall–Kier alpha value is -1.84. The molecule has 4 heteroatoms. The van der Waals surface area contributed by atoms with Crippen LogP contribution in [0.2, 0.25) is 0 Å². The maximum Gasteiger partial charge on any atom is 0.417 e. The number of amides is 2. The summed E-state index contributed by atoms with van der Waals surface area (Å²) in [7, 11) is 0. The highest BCUT2D eigenvalue weighted by atomic mass is 16.6.